The fraction of sp³-hybridized carbons (Fsp3) is 0.895. The molecule has 0 saturated heterocycles. The monoisotopic (exact) mass is 432 g/mol. The maximum atomic E-state index is 6.41. The molecule has 2 atom stereocenters. The molecule has 0 bridgehead atoms. The number of allylic oxidation sites excluding steroid dienone is 2. The summed E-state index contributed by atoms with van der Waals surface area (Å²) < 4.78 is 8.35. The molecule has 130 valence electrons. The predicted octanol–water partition coefficient (Wildman–Crippen LogP) is 6.64. The van der Waals surface area contributed by atoms with Crippen LogP contribution in [0, 0.1) is 11.8 Å². The van der Waals surface area contributed by atoms with E-state index in [9.17, 15) is 0 Å². The van der Waals surface area contributed by atoms with Crippen LogP contribution in [0.15, 0.2) is 9.16 Å². The summed E-state index contributed by atoms with van der Waals surface area (Å²) in [5.74, 6) is 1.65. The van der Waals surface area contributed by atoms with Crippen molar-refractivity contribution in [3.63, 3.8) is 0 Å². The number of hydrogen-bond acceptors (Lipinski definition) is 1. The Morgan fingerprint density at radius 3 is 2.23 bits per heavy atom. The fourth-order valence-electron chi connectivity index (χ4n) is 3.65. The van der Waals surface area contributed by atoms with Crippen molar-refractivity contribution in [2.45, 2.75) is 86.8 Å². The van der Waals surface area contributed by atoms with Crippen molar-refractivity contribution in [3.8, 4) is 0 Å². The van der Waals surface area contributed by atoms with Crippen LogP contribution < -0.4 is 0 Å². The third kappa shape index (κ3) is 5.10. The van der Waals surface area contributed by atoms with E-state index in [-0.39, 0.29) is 0 Å². The van der Waals surface area contributed by atoms with Gasteiger partial charge in [-0.1, -0.05) is 0 Å². The minimum atomic E-state index is -1.93. The summed E-state index contributed by atoms with van der Waals surface area (Å²) in [6.07, 6.45) is 3.98. The van der Waals surface area contributed by atoms with E-state index < -0.39 is 26.7 Å². The van der Waals surface area contributed by atoms with E-state index >= 15 is 0 Å². The van der Waals surface area contributed by atoms with Crippen LogP contribution >= 0.6 is 0 Å². The molecular weight excluding hydrogens is 391 g/mol. The van der Waals surface area contributed by atoms with Gasteiger partial charge in [0.1, 0.15) is 0 Å². The molecule has 0 aromatic heterocycles. The topological polar surface area (TPSA) is 9.23 Å². The molecule has 0 N–H and O–H groups in total. The van der Waals surface area contributed by atoms with E-state index in [2.05, 4.69) is 62.5 Å². The van der Waals surface area contributed by atoms with Crippen LogP contribution in [0.2, 0.25) is 33.0 Å². The standard InChI is InChI=1S/C16H31OSi.3CH3.Sn/c1-13-8-9-15(12-13)14(2)10-11-17-18(6,7)16(3,4)5;;;;/h14-15H,8-11H2,1-7H3;3*1H3;/t14-,15-;;;;/m0..../s1. The van der Waals surface area contributed by atoms with Crippen LogP contribution in [0.5, 0.6) is 0 Å². The summed E-state index contributed by atoms with van der Waals surface area (Å²) in [5.41, 5.74) is 1.74. The molecule has 0 unspecified atom stereocenters. The molecule has 1 aliphatic carbocycles. The first-order valence-electron chi connectivity index (χ1n) is 9.11. The molecule has 0 amide bonds. The molecule has 1 aliphatic rings. The first kappa shape index (κ1) is 20.8. The Hall–Kier alpha value is 0.716. The molecule has 0 radical (unpaired) electrons. The molecule has 0 aromatic rings. The van der Waals surface area contributed by atoms with E-state index in [0.29, 0.717) is 5.04 Å². The van der Waals surface area contributed by atoms with E-state index in [1.54, 1.807) is 5.57 Å². The molecule has 0 heterocycles. The summed E-state index contributed by atoms with van der Waals surface area (Å²) in [7, 11) is -1.58. The fourth-order valence-corrected chi connectivity index (χ4v) is 13.1. The van der Waals surface area contributed by atoms with Gasteiger partial charge in [-0.2, -0.15) is 0 Å². The Morgan fingerprint density at radius 1 is 1.23 bits per heavy atom. The molecule has 0 spiro atoms. The van der Waals surface area contributed by atoms with Crippen LogP contribution in [-0.4, -0.2) is 33.3 Å². The maximum absolute atomic E-state index is 6.41. The summed E-state index contributed by atoms with van der Waals surface area (Å²) in [6.45, 7) is 17.6. The third-order valence-electron chi connectivity index (χ3n) is 6.00. The van der Waals surface area contributed by atoms with Gasteiger partial charge in [-0.05, 0) is 0 Å². The Balaban J connectivity index is 2.62. The van der Waals surface area contributed by atoms with Crippen LogP contribution in [0.25, 0.3) is 0 Å². The second kappa shape index (κ2) is 7.31. The second-order valence-electron chi connectivity index (χ2n) is 9.96. The zero-order chi connectivity index (χ0) is 17.3. The minimum absolute atomic E-state index is 0.326. The van der Waals surface area contributed by atoms with E-state index in [0.717, 1.165) is 18.4 Å². The van der Waals surface area contributed by atoms with E-state index in [1.807, 2.05) is 3.59 Å². The van der Waals surface area contributed by atoms with Crippen LogP contribution in [-0.2, 0) is 4.43 Å². The second-order valence-corrected chi connectivity index (χ2v) is 29.2. The molecule has 0 aromatic carbocycles. The van der Waals surface area contributed by atoms with Gasteiger partial charge in [0.2, 0.25) is 0 Å². The average Bonchev–Trinajstić information content (AvgIpc) is 2.68. The van der Waals surface area contributed by atoms with Crippen molar-refractivity contribution < 1.29 is 4.43 Å². The molecule has 3 heteroatoms. The van der Waals surface area contributed by atoms with Crippen molar-refractivity contribution in [1.29, 1.82) is 0 Å². The SMILES string of the molecule is CC1=[C]([Sn]([CH3])([CH3])[CH3])[C@@H]([C@@H](C)CCO[Si](C)(C)C(C)(C)C)CC1. The van der Waals surface area contributed by atoms with Crippen LogP contribution in [0.1, 0.15) is 53.9 Å². The van der Waals surface area contributed by atoms with Crippen molar-refractivity contribution in [3.05, 3.63) is 9.16 Å². The van der Waals surface area contributed by atoms with Crippen molar-refractivity contribution in [1.82, 2.24) is 0 Å². The van der Waals surface area contributed by atoms with Crippen molar-refractivity contribution >= 4 is 26.7 Å². The summed E-state index contributed by atoms with van der Waals surface area (Å²) >= 11 is -1.93. The molecule has 22 heavy (non-hydrogen) atoms. The van der Waals surface area contributed by atoms with Gasteiger partial charge in [0.25, 0.3) is 0 Å². The van der Waals surface area contributed by atoms with Crippen LogP contribution in [0.3, 0.4) is 0 Å². The van der Waals surface area contributed by atoms with Gasteiger partial charge >= 0.3 is 146 Å². The number of hydrogen-bond donors (Lipinski definition) is 0. The van der Waals surface area contributed by atoms with Gasteiger partial charge in [-0.3, -0.25) is 0 Å². The molecule has 0 fully saturated rings. The van der Waals surface area contributed by atoms with E-state index in [4.69, 9.17) is 4.43 Å². The van der Waals surface area contributed by atoms with Crippen LogP contribution in [0.4, 0.5) is 0 Å². The van der Waals surface area contributed by atoms with Gasteiger partial charge in [0.05, 0.1) is 0 Å². The van der Waals surface area contributed by atoms with Crippen molar-refractivity contribution in [2.75, 3.05) is 6.61 Å². The Morgan fingerprint density at radius 2 is 1.77 bits per heavy atom. The first-order valence-corrected chi connectivity index (χ1v) is 22.0. The number of rotatable bonds is 6. The van der Waals surface area contributed by atoms with E-state index in [1.165, 1.54) is 19.3 Å². The molecule has 1 nitrogen and oxygen atoms in total. The quantitative estimate of drug-likeness (QED) is 0.429. The zero-order valence-electron chi connectivity index (χ0n) is 16.9. The summed E-state index contributed by atoms with van der Waals surface area (Å²) in [5, 5.41) is 0.326. The molecule has 0 aliphatic heterocycles. The molecular formula is C19H40OSiSn. The third-order valence-corrected chi connectivity index (χ3v) is 17.4. The van der Waals surface area contributed by atoms with Gasteiger partial charge in [-0.15, -0.1) is 0 Å². The average molecular weight is 431 g/mol. The first-order chi connectivity index (χ1) is 9.77. The zero-order valence-corrected chi connectivity index (χ0v) is 20.7. The molecule has 1 rings (SSSR count). The predicted molar refractivity (Wildman–Crippen MR) is 106 cm³/mol. The normalized spacial score (nSPS) is 22.4. The summed E-state index contributed by atoms with van der Waals surface area (Å²) in [6, 6.07) is 0. The Kier molecular flexibility index (Phi) is 6.89. The Bertz CT molecular complexity index is 412. The van der Waals surface area contributed by atoms with Crippen molar-refractivity contribution in [2.24, 2.45) is 11.8 Å². The summed E-state index contributed by atoms with van der Waals surface area (Å²) in [4.78, 5) is 7.76. The molecule has 0 saturated carbocycles. The van der Waals surface area contributed by atoms with Gasteiger partial charge < -0.3 is 0 Å². The Labute approximate surface area is 145 Å². The van der Waals surface area contributed by atoms with Gasteiger partial charge in [0, 0.05) is 0 Å². The van der Waals surface area contributed by atoms with Gasteiger partial charge in [0.15, 0.2) is 0 Å². The van der Waals surface area contributed by atoms with Gasteiger partial charge in [-0.25, -0.2) is 0 Å².